The van der Waals surface area contributed by atoms with Gasteiger partial charge in [-0.25, -0.2) is 0 Å². The number of guanidine groups is 1. The molecule has 0 aliphatic heterocycles. The number of aryl methyl sites for hydroxylation is 1. The highest BCUT2D eigenvalue weighted by molar-refractivity contribution is 5.87. The van der Waals surface area contributed by atoms with Crippen LogP contribution in [0.15, 0.2) is 60.1 Å². The third kappa shape index (κ3) is 5.29. The van der Waals surface area contributed by atoms with Crippen LogP contribution in [0.2, 0.25) is 0 Å². The summed E-state index contributed by atoms with van der Waals surface area (Å²) >= 11 is 0. The van der Waals surface area contributed by atoms with Crippen LogP contribution in [-0.4, -0.2) is 33.8 Å². The molecule has 0 saturated carbocycles. The van der Waals surface area contributed by atoms with Gasteiger partial charge in [-0.05, 0) is 43.0 Å². The van der Waals surface area contributed by atoms with E-state index in [0.717, 1.165) is 38.4 Å². The first-order valence-electron chi connectivity index (χ1n) is 9.63. The van der Waals surface area contributed by atoms with Crippen LogP contribution in [-0.2, 0) is 6.54 Å². The summed E-state index contributed by atoms with van der Waals surface area (Å²) in [6.07, 6.45) is 5.58. The molecule has 27 heavy (non-hydrogen) atoms. The lowest BCUT2D eigenvalue weighted by Gasteiger charge is -2.19. The quantitative estimate of drug-likeness (QED) is 0.365. The Morgan fingerprint density at radius 3 is 2.67 bits per heavy atom. The van der Waals surface area contributed by atoms with E-state index in [0.29, 0.717) is 0 Å². The van der Waals surface area contributed by atoms with Crippen LogP contribution in [0.1, 0.15) is 38.3 Å². The van der Waals surface area contributed by atoms with E-state index < -0.39 is 0 Å². The molecule has 0 saturated heterocycles. The van der Waals surface area contributed by atoms with Crippen molar-refractivity contribution in [3.8, 4) is 0 Å². The Balaban J connectivity index is 1.59. The minimum absolute atomic E-state index is 0.172. The standard InChI is InChI=1S/C21H28N6/c1-3-22-21(23-13-6-7-14-27-15-24-25-16-27)26-17(2)19-12-8-10-18-9-4-5-11-20(18)19/h4-5,8-12,15-17H,3,6-7,13-14H2,1-2H3,(H2,22,23,26). The van der Waals surface area contributed by atoms with Gasteiger partial charge in [0.05, 0.1) is 6.04 Å². The zero-order valence-corrected chi connectivity index (χ0v) is 16.1. The Labute approximate surface area is 160 Å². The van der Waals surface area contributed by atoms with Crippen molar-refractivity contribution in [3.05, 3.63) is 60.7 Å². The van der Waals surface area contributed by atoms with Gasteiger partial charge in [0.25, 0.3) is 0 Å². The summed E-state index contributed by atoms with van der Waals surface area (Å²) in [6.45, 7) is 6.83. The molecule has 1 unspecified atom stereocenters. The Morgan fingerprint density at radius 1 is 1.07 bits per heavy atom. The van der Waals surface area contributed by atoms with E-state index in [9.17, 15) is 0 Å². The number of hydrogen-bond donors (Lipinski definition) is 2. The molecule has 0 radical (unpaired) electrons. The second-order valence-corrected chi connectivity index (χ2v) is 6.60. The highest BCUT2D eigenvalue weighted by atomic mass is 15.2. The summed E-state index contributed by atoms with van der Waals surface area (Å²) in [6, 6.07) is 15.1. The lowest BCUT2D eigenvalue weighted by molar-refractivity contribution is 0.609. The molecule has 0 bridgehead atoms. The van der Waals surface area contributed by atoms with E-state index in [-0.39, 0.29) is 6.04 Å². The van der Waals surface area contributed by atoms with E-state index in [2.05, 4.69) is 77.1 Å². The van der Waals surface area contributed by atoms with Crippen LogP contribution >= 0.6 is 0 Å². The first-order chi connectivity index (χ1) is 13.3. The third-order valence-electron chi connectivity index (χ3n) is 4.55. The van der Waals surface area contributed by atoms with Gasteiger partial charge in [0, 0.05) is 19.6 Å². The molecule has 0 amide bonds. The molecule has 3 aromatic rings. The second kappa shape index (κ2) is 9.71. The number of benzene rings is 2. The zero-order valence-electron chi connectivity index (χ0n) is 16.1. The smallest absolute Gasteiger partial charge is 0.191 e. The van der Waals surface area contributed by atoms with Gasteiger partial charge >= 0.3 is 0 Å². The van der Waals surface area contributed by atoms with Gasteiger partial charge in [0.1, 0.15) is 12.7 Å². The number of rotatable bonds is 8. The molecular weight excluding hydrogens is 336 g/mol. The van der Waals surface area contributed by atoms with Gasteiger partial charge in [-0.2, -0.15) is 0 Å². The molecule has 6 heteroatoms. The highest BCUT2D eigenvalue weighted by Crippen LogP contribution is 2.23. The number of hydrogen-bond acceptors (Lipinski definition) is 3. The maximum Gasteiger partial charge on any atom is 0.191 e. The fraction of sp³-hybridized carbons (Fsp3) is 0.381. The SMILES string of the molecule is CCNC(=NCCCCn1cnnc1)NC(C)c1cccc2ccccc12. The summed E-state index contributed by atoms with van der Waals surface area (Å²) < 4.78 is 2.00. The van der Waals surface area contributed by atoms with Gasteiger partial charge in [-0.3, -0.25) is 4.99 Å². The molecule has 0 aliphatic carbocycles. The van der Waals surface area contributed by atoms with Gasteiger partial charge in [0.15, 0.2) is 5.96 Å². The van der Waals surface area contributed by atoms with E-state index in [1.165, 1.54) is 16.3 Å². The van der Waals surface area contributed by atoms with Crippen LogP contribution in [0.3, 0.4) is 0 Å². The van der Waals surface area contributed by atoms with Crippen molar-refractivity contribution in [1.82, 2.24) is 25.4 Å². The lowest BCUT2D eigenvalue weighted by atomic mass is 10.00. The minimum Gasteiger partial charge on any atom is -0.357 e. The van der Waals surface area contributed by atoms with Crippen molar-refractivity contribution in [2.45, 2.75) is 39.3 Å². The minimum atomic E-state index is 0.172. The number of fused-ring (bicyclic) bond motifs is 1. The number of unbranched alkanes of at least 4 members (excludes halogenated alkanes) is 1. The topological polar surface area (TPSA) is 67.1 Å². The molecular formula is C21H28N6. The van der Waals surface area contributed by atoms with Gasteiger partial charge in [-0.1, -0.05) is 42.5 Å². The average molecular weight is 364 g/mol. The van der Waals surface area contributed by atoms with E-state index in [4.69, 9.17) is 4.99 Å². The van der Waals surface area contributed by atoms with Crippen molar-refractivity contribution < 1.29 is 0 Å². The third-order valence-corrected chi connectivity index (χ3v) is 4.55. The number of aromatic nitrogens is 3. The molecule has 3 rings (SSSR count). The molecule has 2 aromatic carbocycles. The summed E-state index contributed by atoms with van der Waals surface area (Å²) in [5.74, 6) is 0.863. The summed E-state index contributed by atoms with van der Waals surface area (Å²) in [4.78, 5) is 4.73. The molecule has 2 N–H and O–H groups in total. The van der Waals surface area contributed by atoms with E-state index >= 15 is 0 Å². The van der Waals surface area contributed by atoms with Crippen LogP contribution in [0, 0.1) is 0 Å². The summed E-state index contributed by atoms with van der Waals surface area (Å²) in [5.41, 5.74) is 1.28. The first kappa shape index (κ1) is 18.9. The maximum absolute atomic E-state index is 4.73. The number of nitrogens with one attached hydrogen (secondary N) is 2. The molecule has 142 valence electrons. The molecule has 0 fully saturated rings. The predicted molar refractivity (Wildman–Crippen MR) is 111 cm³/mol. The molecule has 0 spiro atoms. The Bertz CT molecular complexity index is 851. The Hall–Kier alpha value is -2.89. The van der Waals surface area contributed by atoms with Crippen LogP contribution < -0.4 is 10.6 Å². The molecule has 1 heterocycles. The van der Waals surface area contributed by atoms with Crippen molar-refractivity contribution in [2.24, 2.45) is 4.99 Å². The monoisotopic (exact) mass is 364 g/mol. The fourth-order valence-corrected chi connectivity index (χ4v) is 3.17. The fourth-order valence-electron chi connectivity index (χ4n) is 3.17. The van der Waals surface area contributed by atoms with E-state index in [1.807, 2.05) is 4.57 Å². The zero-order chi connectivity index (χ0) is 18.9. The average Bonchev–Trinajstić information content (AvgIpc) is 3.21. The molecule has 1 atom stereocenters. The molecule has 6 nitrogen and oxygen atoms in total. The van der Waals surface area contributed by atoms with Crippen molar-refractivity contribution in [3.63, 3.8) is 0 Å². The summed E-state index contributed by atoms with van der Waals surface area (Å²) in [7, 11) is 0. The van der Waals surface area contributed by atoms with Crippen LogP contribution in [0.5, 0.6) is 0 Å². The predicted octanol–water partition coefficient (Wildman–Crippen LogP) is 3.53. The second-order valence-electron chi connectivity index (χ2n) is 6.60. The van der Waals surface area contributed by atoms with Crippen molar-refractivity contribution in [2.75, 3.05) is 13.1 Å². The Kier molecular flexibility index (Phi) is 6.79. The summed E-state index contributed by atoms with van der Waals surface area (Å²) in [5, 5.41) is 17.1. The van der Waals surface area contributed by atoms with E-state index in [1.54, 1.807) is 12.7 Å². The first-order valence-corrected chi connectivity index (χ1v) is 9.63. The molecule has 1 aromatic heterocycles. The van der Waals surface area contributed by atoms with Gasteiger partial charge in [-0.15, -0.1) is 10.2 Å². The number of aliphatic imine (C=N–C) groups is 1. The Morgan fingerprint density at radius 2 is 1.85 bits per heavy atom. The van der Waals surface area contributed by atoms with Gasteiger partial charge in [0.2, 0.25) is 0 Å². The normalized spacial score (nSPS) is 12.9. The van der Waals surface area contributed by atoms with Gasteiger partial charge < -0.3 is 15.2 Å². The number of nitrogens with zero attached hydrogens (tertiary/aromatic N) is 4. The molecule has 0 aliphatic rings. The van der Waals surface area contributed by atoms with Crippen LogP contribution in [0.4, 0.5) is 0 Å². The maximum atomic E-state index is 4.73. The largest absolute Gasteiger partial charge is 0.357 e. The lowest BCUT2D eigenvalue weighted by Crippen LogP contribution is -2.38. The van der Waals surface area contributed by atoms with Crippen molar-refractivity contribution in [1.29, 1.82) is 0 Å². The van der Waals surface area contributed by atoms with Crippen molar-refractivity contribution >= 4 is 16.7 Å². The highest BCUT2D eigenvalue weighted by Gasteiger charge is 2.10. The van der Waals surface area contributed by atoms with Crippen LogP contribution in [0.25, 0.3) is 10.8 Å².